The molecule has 1 aliphatic heterocycles. The normalized spacial score (nSPS) is 14.6. The third-order valence-corrected chi connectivity index (χ3v) is 3.44. The van der Waals surface area contributed by atoms with Crippen LogP contribution in [-0.4, -0.2) is 47.6 Å². The number of phenols is 1. The van der Waals surface area contributed by atoms with Crippen LogP contribution in [0.2, 0.25) is 0 Å². The number of phenolic OH excluding ortho intramolecular Hbond substituents is 1. The Morgan fingerprint density at radius 2 is 2.05 bits per heavy atom. The zero-order chi connectivity index (χ0) is 15.4. The van der Waals surface area contributed by atoms with E-state index in [1.165, 1.54) is 12.5 Å². The van der Waals surface area contributed by atoms with E-state index in [-0.39, 0.29) is 5.75 Å². The number of hydrogen-bond acceptors (Lipinski definition) is 7. The molecule has 2 aromatic rings. The summed E-state index contributed by atoms with van der Waals surface area (Å²) in [4.78, 5) is 10.6. The fourth-order valence-corrected chi connectivity index (χ4v) is 2.30. The van der Waals surface area contributed by atoms with E-state index in [4.69, 9.17) is 10.1 Å². The zero-order valence-corrected chi connectivity index (χ0v) is 12.0. The summed E-state index contributed by atoms with van der Waals surface area (Å²) >= 11 is 0. The summed E-state index contributed by atoms with van der Waals surface area (Å²) in [5, 5.41) is 20.1. The van der Waals surface area contributed by atoms with E-state index in [9.17, 15) is 5.11 Å². The Morgan fingerprint density at radius 3 is 2.82 bits per heavy atom. The molecule has 1 aromatic heterocycles. The van der Waals surface area contributed by atoms with E-state index < -0.39 is 0 Å². The topological polar surface area (TPSA) is 94.4 Å². The van der Waals surface area contributed by atoms with E-state index in [1.807, 2.05) is 6.07 Å². The van der Waals surface area contributed by atoms with Crippen LogP contribution in [0.3, 0.4) is 0 Å². The van der Waals surface area contributed by atoms with E-state index >= 15 is 0 Å². The predicted molar refractivity (Wildman–Crippen MR) is 84.3 cm³/mol. The average molecular weight is 299 g/mol. The van der Waals surface area contributed by atoms with E-state index in [0.29, 0.717) is 30.3 Å². The molecule has 7 heteroatoms. The van der Waals surface area contributed by atoms with Gasteiger partial charge in [0.25, 0.3) is 0 Å². The van der Waals surface area contributed by atoms with Crippen molar-refractivity contribution in [2.75, 3.05) is 36.5 Å². The average Bonchev–Trinajstić information content (AvgIpc) is 2.56. The van der Waals surface area contributed by atoms with Crippen LogP contribution in [0.5, 0.6) is 5.75 Å². The van der Waals surface area contributed by atoms with Gasteiger partial charge in [0.2, 0.25) is 0 Å². The molecule has 1 fully saturated rings. The standard InChI is InChI=1S/C15H17N5O2/c16-9-11-1-2-12(21)7-13(11)19-14-8-15(18-10-17-14)20-3-5-22-6-4-20/h1-2,7-10,16,21H,3-6H2,(H,17,18,19). The number of nitrogens with one attached hydrogen (secondary N) is 2. The van der Waals surface area contributed by atoms with Gasteiger partial charge in [0.15, 0.2) is 0 Å². The lowest BCUT2D eigenvalue weighted by atomic mass is 10.2. The SMILES string of the molecule is N=Cc1ccc(O)cc1Nc1cc(N2CCOCC2)ncn1. The first kappa shape index (κ1) is 14.3. The molecule has 114 valence electrons. The third-order valence-electron chi connectivity index (χ3n) is 3.44. The minimum Gasteiger partial charge on any atom is -0.508 e. The Bertz CT molecular complexity index is 671. The van der Waals surface area contributed by atoms with Crippen molar-refractivity contribution in [3.63, 3.8) is 0 Å². The van der Waals surface area contributed by atoms with Crippen molar-refractivity contribution < 1.29 is 9.84 Å². The second-order valence-electron chi connectivity index (χ2n) is 4.90. The highest BCUT2D eigenvalue weighted by Crippen LogP contribution is 2.24. The highest BCUT2D eigenvalue weighted by Gasteiger charge is 2.13. The van der Waals surface area contributed by atoms with Crippen LogP contribution in [-0.2, 0) is 4.74 Å². The first-order chi connectivity index (χ1) is 10.8. The zero-order valence-electron chi connectivity index (χ0n) is 12.0. The molecule has 7 nitrogen and oxygen atoms in total. The lowest BCUT2D eigenvalue weighted by Crippen LogP contribution is -2.36. The molecule has 0 aliphatic carbocycles. The second-order valence-corrected chi connectivity index (χ2v) is 4.90. The Morgan fingerprint density at radius 1 is 1.23 bits per heavy atom. The summed E-state index contributed by atoms with van der Waals surface area (Å²) in [5.74, 6) is 1.58. The van der Waals surface area contributed by atoms with Gasteiger partial charge in [-0.25, -0.2) is 9.97 Å². The smallest absolute Gasteiger partial charge is 0.135 e. The summed E-state index contributed by atoms with van der Waals surface area (Å²) in [6.07, 6.45) is 2.73. The summed E-state index contributed by atoms with van der Waals surface area (Å²) in [7, 11) is 0. The quantitative estimate of drug-likeness (QED) is 0.745. The molecular formula is C15H17N5O2. The van der Waals surface area contributed by atoms with Gasteiger partial charge in [-0.1, -0.05) is 0 Å². The molecule has 3 N–H and O–H groups in total. The van der Waals surface area contributed by atoms with Gasteiger partial charge in [-0.05, 0) is 12.1 Å². The molecule has 0 spiro atoms. The van der Waals surface area contributed by atoms with Gasteiger partial charge in [-0.3, -0.25) is 0 Å². The molecule has 0 radical (unpaired) electrons. The van der Waals surface area contributed by atoms with Gasteiger partial charge in [0.05, 0.1) is 18.9 Å². The summed E-state index contributed by atoms with van der Waals surface area (Å²) in [6.45, 7) is 2.98. The highest BCUT2D eigenvalue weighted by molar-refractivity contribution is 5.87. The van der Waals surface area contributed by atoms with Gasteiger partial charge in [-0.15, -0.1) is 0 Å². The third kappa shape index (κ3) is 3.15. The number of aromatic nitrogens is 2. The summed E-state index contributed by atoms with van der Waals surface area (Å²) in [6, 6.07) is 6.64. The number of aromatic hydroxyl groups is 1. The second kappa shape index (κ2) is 6.40. The minimum absolute atomic E-state index is 0.135. The van der Waals surface area contributed by atoms with Crippen LogP contribution in [0, 0.1) is 5.41 Å². The van der Waals surface area contributed by atoms with Crippen LogP contribution < -0.4 is 10.2 Å². The lowest BCUT2D eigenvalue weighted by Gasteiger charge is -2.27. The Hall–Kier alpha value is -2.67. The molecule has 0 amide bonds. The molecule has 3 rings (SSSR count). The molecule has 1 aliphatic rings. The first-order valence-electron chi connectivity index (χ1n) is 7.01. The van der Waals surface area contributed by atoms with Crippen molar-refractivity contribution in [3.8, 4) is 5.75 Å². The van der Waals surface area contributed by atoms with E-state index in [0.717, 1.165) is 18.9 Å². The van der Waals surface area contributed by atoms with Crippen LogP contribution in [0.1, 0.15) is 5.56 Å². The molecule has 0 unspecified atom stereocenters. The number of rotatable bonds is 4. The number of hydrogen-bond donors (Lipinski definition) is 3. The van der Waals surface area contributed by atoms with E-state index in [2.05, 4.69) is 20.2 Å². The maximum Gasteiger partial charge on any atom is 0.135 e. The van der Waals surface area contributed by atoms with Crippen LogP contribution in [0.4, 0.5) is 17.3 Å². The van der Waals surface area contributed by atoms with Gasteiger partial charge in [0, 0.05) is 37.0 Å². The van der Waals surface area contributed by atoms with Crippen molar-refractivity contribution in [2.45, 2.75) is 0 Å². The van der Waals surface area contributed by atoms with Crippen molar-refractivity contribution in [1.29, 1.82) is 5.41 Å². The molecule has 1 saturated heterocycles. The predicted octanol–water partition coefficient (Wildman–Crippen LogP) is 1.76. The molecule has 1 aromatic carbocycles. The van der Waals surface area contributed by atoms with Crippen LogP contribution >= 0.6 is 0 Å². The summed E-state index contributed by atoms with van der Waals surface area (Å²) < 4.78 is 5.34. The highest BCUT2D eigenvalue weighted by atomic mass is 16.5. The van der Waals surface area contributed by atoms with E-state index in [1.54, 1.807) is 18.2 Å². The lowest BCUT2D eigenvalue weighted by molar-refractivity contribution is 0.122. The fraction of sp³-hybridized carbons (Fsp3) is 0.267. The largest absolute Gasteiger partial charge is 0.508 e. The number of anilines is 3. The number of ether oxygens (including phenoxy) is 1. The van der Waals surface area contributed by atoms with Gasteiger partial charge >= 0.3 is 0 Å². The Kier molecular flexibility index (Phi) is 4.15. The van der Waals surface area contributed by atoms with Crippen LogP contribution in [0.25, 0.3) is 0 Å². The molecule has 0 bridgehead atoms. The fourth-order valence-electron chi connectivity index (χ4n) is 2.30. The first-order valence-corrected chi connectivity index (χ1v) is 7.01. The van der Waals surface area contributed by atoms with Gasteiger partial charge in [-0.2, -0.15) is 0 Å². The molecule has 0 saturated carbocycles. The molecule has 22 heavy (non-hydrogen) atoms. The Labute approximate surface area is 128 Å². The van der Waals surface area contributed by atoms with Crippen molar-refractivity contribution in [3.05, 3.63) is 36.2 Å². The minimum atomic E-state index is 0.135. The maximum absolute atomic E-state index is 9.60. The Balaban J connectivity index is 1.83. The number of morpholine rings is 1. The maximum atomic E-state index is 9.60. The van der Waals surface area contributed by atoms with Crippen LogP contribution in [0.15, 0.2) is 30.6 Å². The molecular weight excluding hydrogens is 282 g/mol. The van der Waals surface area contributed by atoms with Crippen molar-refractivity contribution >= 4 is 23.5 Å². The molecule has 2 heterocycles. The number of nitrogens with zero attached hydrogens (tertiary/aromatic N) is 3. The van der Waals surface area contributed by atoms with Gasteiger partial charge in [0.1, 0.15) is 23.7 Å². The van der Waals surface area contributed by atoms with Gasteiger partial charge < -0.3 is 25.5 Å². The monoisotopic (exact) mass is 299 g/mol. The number of benzene rings is 1. The van der Waals surface area contributed by atoms with Crippen molar-refractivity contribution in [2.24, 2.45) is 0 Å². The summed E-state index contributed by atoms with van der Waals surface area (Å²) in [5.41, 5.74) is 1.30. The van der Waals surface area contributed by atoms with Crippen molar-refractivity contribution in [1.82, 2.24) is 9.97 Å². The molecule has 0 atom stereocenters.